The second-order valence-corrected chi connectivity index (χ2v) is 6.93. The quantitative estimate of drug-likeness (QED) is 0.650. The van der Waals surface area contributed by atoms with Gasteiger partial charge in [-0.2, -0.15) is 0 Å². The molecule has 0 saturated carbocycles. The van der Waals surface area contributed by atoms with E-state index in [0.29, 0.717) is 21.9 Å². The predicted molar refractivity (Wildman–Crippen MR) is 88.4 cm³/mol. The smallest absolute Gasteiger partial charge is 0.258 e. The van der Waals surface area contributed by atoms with E-state index in [1.165, 1.54) is 22.3 Å². The Morgan fingerprint density at radius 1 is 1.43 bits per heavy atom. The van der Waals surface area contributed by atoms with Crippen LogP contribution >= 0.6 is 38.9 Å². The zero-order valence-corrected chi connectivity index (χ0v) is 14.1. The Balaban J connectivity index is 2.29. The molecule has 0 aliphatic heterocycles. The Labute approximate surface area is 140 Å². The SMILES string of the molecule is C=CCN(Cc1ccc(Cl)s1)C(=O)c1c(F)cccc1Br. The standard InChI is InChI=1S/C15H12BrClFNOS/c1-2-8-19(9-10-6-7-13(17)21-10)15(20)14-11(16)4-3-5-12(14)18/h2-7H,1,8-9H2. The van der Waals surface area contributed by atoms with Crippen molar-refractivity contribution in [2.75, 3.05) is 6.54 Å². The zero-order chi connectivity index (χ0) is 15.4. The molecule has 0 spiro atoms. The molecule has 0 aliphatic rings. The summed E-state index contributed by atoms with van der Waals surface area (Å²) in [4.78, 5) is 15.0. The lowest BCUT2D eigenvalue weighted by Gasteiger charge is -2.21. The maximum atomic E-state index is 13.9. The Hall–Kier alpha value is -1.17. The van der Waals surface area contributed by atoms with Crippen molar-refractivity contribution in [3.05, 3.63) is 68.1 Å². The minimum absolute atomic E-state index is 0.0296. The molecule has 1 aromatic heterocycles. The van der Waals surface area contributed by atoms with Crippen molar-refractivity contribution in [3.8, 4) is 0 Å². The largest absolute Gasteiger partial charge is 0.330 e. The van der Waals surface area contributed by atoms with E-state index in [9.17, 15) is 9.18 Å². The molecule has 21 heavy (non-hydrogen) atoms. The van der Waals surface area contributed by atoms with Gasteiger partial charge in [-0.1, -0.05) is 23.7 Å². The third kappa shape index (κ3) is 3.93. The number of hydrogen-bond acceptors (Lipinski definition) is 2. The van der Waals surface area contributed by atoms with E-state index >= 15 is 0 Å². The van der Waals surface area contributed by atoms with Crippen LogP contribution < -0.4 is 0 Å². The highest BCUT2D eigenvalue weighted by Crippen LogP contribution is 2.25. The number of hydrogen-bond donors (Lipinski definition) is 0. The van der Waals surface area contributed by atoms with Crippen LogP contribution in [0, 0.1) is 5.82 Å². The van der Waals surface area contributed by atoms with Crippen LogP contribution in [-0.4, -0.2) is 17.4 Å². The molecule has 2 rings (SSSR count). The Kier molecular flexibility index (Phi) is 5.56. The van der Waals surface area contributed by atoms with E-state index < -0.39 is 5.82 Å². The summed E-state index contributed by atoms with van der Waals surface area (Å²) in [5.74, 6) is -0.933. The van der Waals surface area contributed by atoms with Crippen molar-refractivity contribution < 1.29 is 9.18 Å². The third-order valence-corrected chi connectivity index (χ3v) is 4.67. The van der Waals surface area contributed by atoms with Gasteiger partial charge in [0.05, 0.1) is 16.4 Å². The molecule has 0 unspecified atom stereocenters. The average molecular weight is 389 g/mol. The average Bonchev–Trinajstić information content (AvgIpc) is 2.83. The molecule has 0 atom stereocenters. The lowest BCUT2D eigenvalue weighted by atomic mass is 10.2. The molecule has 0 radical (unpaired) electrons. The number of carbonyl (C=O) groups is 1. The van der Waals surface area contributed by atoms with Crippen LogP contribution in [-0.2, 0) is 6.54 Å². The highest BCUT2D eigenvalue weighted by atomic mass is 79.9. The van der Waals surface area contributed by atoms with Crippen LogP contribution in [0.2, 0.25) is 4.34 Å². The number of carbonyl (C=O) groups excluding carboxylic acids is 1. The molecular weight excluding hydrogens is 377 g/mol. The van der Waals surface area contributed by atoms with Crippen molar-refractivity contribution in [2.24, 2.45) is 0 Å². The van der Waals surface area contributed by atoms with Gasteiger partial charge in [-0.3, -0.25) is 4.79 Å². The normalized spacial score (nSPS) is 10.4. The second kappa shape index (κ2) is 7.20. The van der Waals surface area contributed by atoms with Gasteiger partial charge < -0.3 is 4.90 Å². The van der Waals surface area contributed by atoms with Crippen LogP contribution in [0.4, 0.5) is 4.39 Å². The van der Waals surface area contributed by atoms with Crippen LogP contribution in [0.3, 0.4) is 0 Å². The maximum Gasteiger partial charge on any atom is 0.258 e. The molecular formula is C15H12BrClFNOS. The van der Waals surface area contributed by atoms with E-state index in [1.54, 1.807) is 24.3 Å². The number of thiophene rings is 1. The summed E-state index contributed by atoms with van der Waals surface area (Å²) in [5.41, 5.74) is 0.0296. The van der Waals surface area contributed by atoms with Gasteiger partial charge in [-0.05, 0) is 40.2 Å². The van der Waals surface area contributed by atoms with E-state index in [0.717, 1.165) is 4.88 Å². The molecule has 110 valence electrons. The molecule has 1 amide bonds. The minimum Gasteiger partial charge on any atom is -0.330 e. The van der Waals surface area contributed by atoms with Crippen molar-refractivity contribution in [1.82, 2.24) is 4.90 Å². The third-order valence-electron chi connectivity index (χ3n) is 2.79. The van der Waals surface area contributed by atoms with Gasteiger partial charge in [0.15, 0.2) is 0 Å². The first kappa shape index (κ1) is 16.2. The first-order valence-corrected chi connectivity index (χ1v) is 8.10. The van der Waals surface area contributed by atoms with Crippen molar-refractivity contribution in [3.63, 3.8) is 0 Å². The van der Waals surface area contributed by atoms with E-state index in [-0.39, 0.29) is 11.5 Å². The highest BCUT2D eigenvalue weighted by Gasteiger charge is 2.21. The van der Waals surface area contributed by atoms with Crippen molar-refractivity contribution >= 4 is 44.8 Å². The Bertz CT molecular complexity index is 653. The fourth-order valence-electron chi connectivity index (χ4n) is 1.86. The van der Waals surface area contributed by atoms with Gasteiger partial charge in [0.25, 0.3) is 5.91 Å². The summed E-state index contributed by atoms with van der Waals surface area (Å²) in [5, 5.41) is 0. The van der Waals surface area contributed by atoms with Crippen molar-refractivity contribution in [2.45, 2.75) is 6.54 Å². The summed E-state index contributed by atoms with van der Waals surface area (Å²) in [6.07, 6.45) is 1.61. The number of benzene rings is 1. The van der Waals surface area contributed by atoms with Crippen LogP contribution in [0.1, 0.15) is 15.2 Å². The van der Waals surface area contributed by atoms with Crippen LogP contribution in [0.5, 0.6) is 0 Å². The predicted octanol–water partition coefficient (Wildman–Crippen LogP) is 5.13. The number of amides is 1. The monoisotopic (exact) mass is 387 g/mol. The lowest BCUT2D eigenvalue weighted by molar-refractivity contribution is 0.0758. The van der Waals surface area contributed by atoms with Gasteiger partial charge in [0, 0.05) is 15.9 Å². The molecule has 0 saturated heterocycles. The molecule has 1 aromatic carbocycles. The number of nitrogens with zero attached hydrogens (tertiary/aromatic N) is 1. The topological polar surface area (TPSA) is 20.3 Å². The van der Waals surface area contributed by atoms with E-state index in [2.05, 4.69) is 22.5 Å². The first-order valence-electron chi connectivity index (χ1n) is 6.11. The highest BCUT2D eigenvalue weighted by molar-refractivity contribution is 9.10. The molecule has 1 heterocycles. The maximum absolute atomic E-state index is 13.9. The van der Waals surface area contributed by atoms with Crippen LogP contribution in [0.15, 0.2) is 47.5 Å². The fraction of sp³-hybridized carbons (Fsp3) is 0.133. The molecule has 6 heteroatoms. The molecule has 0 bridgehead atoms. The Morgan fingerprint density at radius 2 is 2.19 bits per heavy atom. The van der Waals surface area contributed by atoms with Gasteiger partial charge in [-0.25, -0.2) is 4.39 Å². The molecule has 0 aliphatic carbocycles. The Morgan fingerprint density at radius 3 is 2.76 bits per heavy atom. The van der Waals surface area contributed by atoms with E-state index in [1.807, 2.05) is 6.07 Å². The molecule has 2 nitrogen and oxygen atoms in total. The lowest BCUT2D eigenvalue weighted by Crippen LogP contribution is -2.31. The molecule has 2 aromatic rings. The molecule has 0 N–H and O–H groups in total. The van der Waals surface area contributed by atoms with Crippen LogP contribution in [0.25, 0.3) is 0 Å². The number of halogens is 3. The summed E-state index contributed by atoms with van der Waals surface area (Å²) in [6.45, 7) is 4.34. The summed E-state index contributed by atoms with van der Waals surface area (Å²) in [7, 11) is 0. The summed E-state index contributed by atoms with van der Waals surface area (Å²) >= 11 is 10.5. The summed E-state index contributed by atoms with van der Waals surface area (Å²) < 4.78 is 15.0. The van der Waals surface area contributed by atoms with Gasteiger partial charge in [0.2, 0.25) is 0 Å². The van der Waals surface area contributed by atoms with Gasteiger partial charge >= 0.3 is 0 Å². The van der Waals surface area contributed by atoms with Crippen molar-refractivity contribution in [1.29, 1.82) is 0 Å². The fourth-order valence-corrected chi connectivity index (χ4v) is 3.48. The molecule has 0 fully saturated rings. The van der Waals surface area contributed by atoms with Gasteiger partial charge in [-0.15, -0.1) is 17.9 Å². The summed E-state index contributed by atoms with van der Waals surface area (Å²) in [6, 6.07) is 8.09. The zero-order valence-electron chi connectivity index (χ0n) is 11.0. The number of rotatable bonds is 5. The minimum atomic E-state index is -0.548. The van der Waals surface area contributed by atoms with Gasteiger partial charge in [0.1, 0.15) is 5.82 Å². The first-order chi connectivity index (χ1) is 10.0. The van der Waals surface area contributed by atoms with E-state index in [4.69, 9.17) is 11.6 Å². The second-order valence-electron chi connectivity index (χ2n) is 4.28.